The SMILES string of the molecule is CCc1nc2cccc(-c3cncc(OC(F)(F)F)c3)c2c(=O)n1-c1ccccc1. The fraction of sp³-hybridized carbons (Fsp3) is 0.136. The van der Waals surface area contributed by atoms with Crippen LogP contribution in [0.2, 0.25) is 0 Å². The summed E-state index contributed by atoms with van der Waals surface area (Å²) in [7, 11) is 0. The molecule has 30 heavy (non-hydrogen) atoms. The van der Waals surface area contributed by atoms with E-state index in [2.05, 4.69) is 14.7 Å². The molecule has 2 aromatic carbocycles. The van der Waals surface area contributed by atoms with Crippen molar-refractivity contribution >= 4 is 10.9 Å². The Labute approximate surface area is 169 Å². The number of hydrogen-bond acceptors (Lipinski definition) is 4. The van der Waals surface area contributed by atoms with E-state index >= 15 is 0 Å². The van der Waals surface area contributed by atoms with Crippen molar-refractivity contribution in [2.75, 3.05) is 0 Å². The van der Waals surface area contributed by atoms with Gasteiger partial charge in [-0.05, 0) is 29.8 Å². The van der Waals surface area contributed by atoms with Crippen LogP contribution in [0.5, 0.6) is 5.75 Å². The zero-order chi connectivity index (χ0) is 21.3. The van der Waals surface area contributed by atoms with Gasteiger partial charge in [0.05, 0.1) is 22.8 Å². The number of aromatic nitrogens is 3. The van der Waals surface area contributed by atoms with Crippen molar-refractivity contribution in [3.05, 3.63) is 83.2 Å². The van der Waals surface area contributed by atoms with Crippen molar-refractivity contribution in [2.24, 2.45) is 0 Å². The van der Waals surface area contributed by atoms with E-state index in [1.807, 2.05) is 25.1 Å². The molecule has 0 saturated carbocycles. The van der Waals surface area contributed by atoms with Gasteiger partial charge >= 0.3 is 6.36 Å². The summed E-state index contributed by atoms with van der Waals surface area (Å²) in [4.78, 5) is 22.0. The van der Waals surface area contributed by atoms with Crippen LogP contribution in [0.25, 0.3) is 27.7 Å². The van der Waals surface area contributed by atoms with Crippen LogP contribution in [0.3, 0.4) is 0 Å². The standard InChI is InChI=1S/C22H16F3N3O2/c1-2-19-27-18-10-6-9-17(14-11-16(13-26-12-14)30-22(23,24)25)20(18)21(29)28(19)15-7-4-3-5-8-15/h3-13H,2H2,1H3. The molecule has 0 N–H and O–H groups in total. The Morgan fingerprint density at radius 2 is 1.80 bits per heavy atom. The summed E-state index contributed by atoms with van der Waals surface area (Å²) in [5, 5.41) is 0.296. The summed E-state index contributed by atoms with van der Waals surface area (Å²) < 4.78 is 43.3. The van der Waals surface area contributed by atoms with Crippen LogP contribution in [-0.4, -0.2) is 20.9 Å². The van der Waals surface area contributed by atoms with Crippen LogP contribution in [0.4, 0.5) is 13.2 Å². The van der Waals surface area contributed by atoms with Gasteiger partial charge in [0.25, 0.3) is 5.56 Å². The minimum absolute atomic E-state index is 0.296. The van der Waals surface area contributed by atoms with Gasteiger partial charge in [-0.15, -0.1) is 13.2 Å². The zero-order valence-corrected chi connectivity index (χ0v) is 15.8. The van der Waals surface area contributed by atoms with Gasteiger partial charge in [0.15, 0.2) is 0 Å². The number of halogens is 3. The monoisotopic (exact) mass is 411 g/mol. The maximum absolute atomic E-state index is 13.5. The first-order chi connectivity index (χ1) is 14.4. The molecule has 5 nitrogen and oxygen atoms in total. The van der Waals surface area contributed by atoms with Gasteiger partial charge in [-0.2, -0.15) is 0 Å². The van der Waals surface area contributed by atoms with Crippen LogP contribution < -0.4 is 10.3 Å². The van der Waals surface area contributed by atoms with E-state index in [1.165, 1.54) is 16.8 Å². The molecule has 4 rings (SSSR count). The number of aryl methyl sites for hydroxylation is 1. The predicted molar refractivity (Wildman–Crippen MR) is 107 cm³/mol. The van der Waals surface area contributed by atoms with E-state index in [-0.39, 0.29) is 5.56 Å². The highest BCUT2D eigenvalue weighted by Crippen LogP contribution is 2.30. The third kappa shape index (κ3) is 3.76. The predicted octanol–water partition coefficient (Wildman–Crippen LogP) is 4.91. The maximum Gasteiger partial charge on any atom is 0.573 e. The summed E-state index contributed by atoms with van der Waals surface area (Å²) in [6.07, 6.45) is -1.95. The molecule has 0 bridgehead atoms. The smallest absolute Gasteiger partial charge is 0.404 e. The van der Waals surface area contributed by atoms with Gasteiger partial charge in [-0.3, -0.25) is 14.3 Å². The Bertz CT molecular complexity index is 1270. The van der Waals surface area contributed by atoms with Crippen molar-refractivity contribution in [2.45, 2.75) is 19.7 Å². The van der Waals surface area contributed by atoms with Crippen molar-refractivity contribution in [1.29, 1.82) is 0 Å². The molecule has 0 fully saturated rings. The molecule has 152 valence electrons. The molecule has 0 spiro atoms. The fourth-order valence-electron chi connectivity index (χ4n) is 3.35. The Morgan fingerprint density at radius 3 is 2.50 bits per heavy atom. The second-order valence-electron chi connectivity index (χ2n) is 6.51. The Morgan fingerprint density at radius 1 is 1.03 bits per heavy atom. The van der Waals surface area contributed by atoms with Gasteiger partial charge in [0.2, 0.25) is 0 Å². The average Bonchev–Trinajstić information content (AvgIpc) is 2.72. The van der Waals surface area contributed by atoms with Gasteiger partial charge in [0, 0.05) is 18.2 Å². The van der Waals surface area contributed by atoms with Gasteiger partial charge in [-0.25, -0.2) is 4.98 Å². The maximum atomic E-state index is 13.5. The summed E-state index contributed by atoms with van der Waals surface area (Å²) in [5.74, 6) is 0.127. The lowest BCUT2D eigenvalue weighted by molar-refractivity contribution is -0.274. The molecule has 0 atom stereocenters. The molecule has 0 aliphatic heterocycles. The highest BCUT2D eigenvalue weighted by atomic mass is 19.4. The summed E-state index contributed by atoms with van der Waals surface area (Å²) >= 11 is 0. The Kier molecular flexibility index (Phi) is 4.99. The average molecular weight is 411 g/mol. The second-order valence-corrected chi connectivity index (χ2v) is 6.51. The van der Waals surface area contributed by atoms with Crippen molar-refractivity contribution < 1.29 is 17.9 Å². The molecule has 0 aliphatic carbocycles. The largest absolute Gasteiger partial charge is 0.573 e. The molecule has 2 heterocycles. The van der Waals surface area contributed by atoms with Crippen LogP contribution in [0.15, 0.2) is 71.8 Å². The van der Waals surface area contributed by atoms with Gasteiger partial charge in [-0.1, -0.05) is 37.3 Å². The number of rotatable bonds is 4. The van der Waals surface area contributed by atoms with E-state index in [0.717, 1.165) is 6.20 Å². The first kappa shape index (κ1) is 19.6. The summed E-state index contributed by atoms with van der Waals surface area (Å²) in [5.41, 5.74) is 1.57. The molecular formula is C22H16F3N3O2. The number of ether oxygens (including phenoxy) is 1. The van der Waals surface area contributed by atoms with Gasteiger partial charge < -0.3 is 4.74 Å². The third-order valence-corrected chi connectivity index (χ3v) is 4.56. The van der Waals surface area contributed by atoms with E-state index in [9.17, 15) is 18.0 Å². The molecule has 0 radical (unpaired) electrons. The number of benzene rings is 2. The lowest BCUT2D eigenvalue weighted by atomic mass is 10.0. The zero-order valence-electron chi connectivity index (χ0n) is 15.8. The Hall–Kier alpha value is -3.68. The Balaban J connectivity index is 1.97. The lowest BCUT2D eigenvalue weighted by Gasteiger charge is -2.15. The molecule has 0 saturated heterocycles. The van der Waals surface area contributed by atoms with E-state index < -0.39 is 12.1 Å². The van der Waals surface area contributed by atoms with E-state index in [1.54, 1.807) is 30.3 Å². The number of nitrogens with zero attached hydrogens (tertiary/aromatic N) is 3. The van der Waals surface area contributed by atoms with Crippen LogP contribution in [0, 0.1) is 0 Å². The van der Waals surface area contributed by atoms with E-state index in [0.29, 0.717) is 40.0 Å². The molecule has 8 heteroatoms. The van der Waals surface area contributed by atoms with E-state index in [4.69, 9.17) is 0 Å². The molecule has 0 amide bonds. The number of para-hydroxylation sites is 1. The summed E-state index contributed by atoms with van der Waals surface area (Å²) in [6, 6.07) is 15.4. The number of pyridine rings is 1. The topological polar surface area (TPSA) is 57.0 Å². The number of alkyl halides is 3. The third-order valence-electron chi connectivity index (χ3n) is 4.56. The first-order valence-electron chi connectivity index (χ1n) is 9.18. The van der Waals surface area contributed by atoms with Crippen LogP contribution in [0.1, 0.15) is 12.7 Å². The molecule has 0 unspecified atom stereocenters. The molecule has 4 aromatic rings. The van der Waals surface area contributed by atoms with Crippen LogP contribution >= 0.6 is 0 Å². The summed E-state index contributed by atoms with van der Waals surface area (Å²) in [6.45, 7) is 1.90. The minimum atomic E-state index is -4.84. The second kappa shape index (κ2) is 7.62. The molecule has 0 aliphatic rings. The van der Waals surface area contributed by atoms with Crippen molar-refractivity contribution in [3.8, 4) is 22.6 Å². The minimum Gasteiger partial charge on any atom is -0.404 e. The quantitative estimate of drug-likeness (QED) is 0.479. The highest BCUT2D eigenvalue weighted by Gasteiger charge is 2.31. The number of hydrogen-bond donors (Lipinski definition) is 0. The normalized spacial score (nSPS) is 11.6. The van der Waals surface area contributed by atoms with Crippen LogP contribution in [-0.2, 0) is 6.42 Å². The highest BCUT2D eigenvalue weighted by molar-refractivity contribution is 5.94. The van der Waals surface area contributed by atoms with Crippen molar-refractivity contribution in [1.82, 2.24) is 14.5 Å². The number of fused-ring (bicyclic) bond motifs is 1. The molecule has 2 aromatic heterocycles. The fourth-order valence-corrected chi connectivity index (χ4v) is 3.35. The van der Waals surface area contributed by atoms with Gasteiger partial charge in [0.1, 0.15) is 11.6 Å². The first-order valence-corrected chi connectivity index (χ1v) is 9.18. The lowest BCUT2D eigenvalue weighted by Crippen LogP contribution is -2.24. The molecular weight excluding hydrogens is 395 g/mol. The van der Waals surface area contributed by atoms with Crippen molar-refractivity contribution in [3.63, 3.8) is 0 Å².